The molecule has 0 unspecified atom stereocenters. The number of fused-ring (bicyclic) bond motifs is 1. The van der Waals surface area contributed by atoms with Gasteiger partial charge in [-0.15, -0.1) is 0 Å². The highest BCUT2D eigenvalue weighted by atomic mass is 16.4. The Hall–Kier alpha value is -2.37. The number of hydrogen-bond acceptors (Lipinski definition) is 3. The largest absolute Gasteiger partial charge is 0.481 e. The first kappa shape index (κ1) is 11.1. The van der Waals surface area contributed by atoms with Crippen molar-refractivity contribution in [2.24, 2.45) is 0 Å². The molecular weight excluding hydrogens is 222 g/mol. The fourth-order valence-corrected chi connectivity index (χ4v) is 1.52. The van der Waals surface area contributed by atoms with Crippen LogP contribution in [0.2, 0.25) is 0 Å². The summed E-state index contributed by atoms with van der Waals surface area (Å²) >= 11 is 0. The van der Waals surface area contributed by atoms with Crippen molar-refractivity contribution in [2.75, 3.05) is 11.9 Å². The van der Waals surface area contributed by atoms with Gasteiger partial charge in [-0.1, -0.05) is 0 Å². The van der Waals surface area contributed by atoms with Gasteiger partial charge in [0.1, 0.15) is 6.42 Å². The third-order valence-corrected chi connectivity index (χ3v) is 2.47. The number of carboxylic acid groups (broad SMARTS) is 1. The van der Waals surface area contributed by atoms with Gasteiger partial charge < -0.3 is 15.0 Å². The minimum absolute atomic E-state index is 0.462. The maximum absolute atomic E-state index is 11.5. The van der Waals surface area contributed by atoms with E-state index in [1.807, 2.05) is 0 Å². The summed E-state index contributed by atoms with van der Waals surface area (Å²) in [6.07, 6.45) is 1.05. The number of nitrogens with one attached hydrogen (secondary N) is 1. The normalized spacial score (nSPS) is 10.4. The van der Waals surface area contributed by atoms with Gasteiger partial charge in [-0.3, -0.25) is 9.59 Å². The molecule has 0 saturated heterocycles. The molecule has 0 fully saturated rings. The summed E-state index contributed by atoms with van der Waals surface area (Å²) in [5.41, 5.74) is 2.23. The predicted octanol–water partition coefficient (Wildman–Crippen LogP) is 1.00. The number of hydrogen-bond donors (Lipinski definition) is 2. The average Bonchev–Trinajstić information content (AvgIpc) is 2.73. The first-order valence-electron chi connectivity index (χ1n) is 4.99. The molecule has 6 nitrogen and oxygen atoms in total. The van der Waals surface area contributed by atoms with Crippen LogP contribution in [0.4, 0.5) is 5.69 Å². The average molecular weight is 233 g/mol. The number of anilines is 1. The Labute approximate surface area is 96.9 Å². The Morgan fingerprint density at radius 2 is 2.24 bits per heavy atom. The fraction of sp³-hybridized carbons (Fsp3) is 0.182. The van der Waals surface area contributed by atoms with E-state index in [1.54, 1.807) is 31.6 Å². The lowest BCUT2D eigenvalue weighted by atomic mass is 10.2. The van der Waals surface area contributed by atoms with Gasteiger partial charge in [0, 0.05) is 12.7 Å². The first-order chi connectivity index (χ1) is 8.08. The molecule has 1 heterocycles. The van der Waals surface area contributed by atoms with E-state index in [2.05, 4.69) is 9.97 Å². The molecule has 2 aromatic rings. The first-order valence-corrected chi connectivity index (χ1v) is 4.99. The van der Waals surface area contributed by atoms with Gasteiger partial charge in [0.05, 0.1) is 17.4 Å². The van der Waals surface area contributed by atoms with Crippen LogP contribution >= 0.6 is 0 Å². The SMILES string of the molecule is CN(C(=O)CC(=O)O)c1ccc2nc[nH]c2c1. The molecule has 0 aliphatic heterocycles. The Balaban J connectivity index is 2.26. The molecule has 6 heteroatoms. The van der Waals surface area contributed by atoms with Crippen molar-refractivity contribution in [2.45, 2.75) is 6.42 Å². The highest BCUT2D eigenvalue weighted by Crippen LogP contribution is 2.19. The molecule has 0 aliphatic carbocycles. The summed E-state index contributed by atoms with van der Waals surface area (Å²) in [5.74, 6) is -1.60. The van der Waals surface area contributed by atoms with E-state index in [0.717, 1.165) is 11.0 Å². The third-order valence-electron chi connectivity index (χ3n) is 2.47. The standard InChI is InChI=1S/C11H11N3O3/c1-14(10(15)5-11(16)17)7-2-3-8-9(4-7)13-6-12-8/h2-4,6H,5H2,1H3,(H,12,13)(H,16,17). The van der Waals surface area contributed by atoms with Crippen molar-refractivity contribution in [1.29, 1.82) is 0 Å². The summed E-state index contributed by atoms with van der Waals surface area (Å²) in [5, 5.41) is 8.55. The quantitative estimate of drug-likeness (QED) is 0.774. The summed E-state index contributed by atoms with van der Waals surface area (Å²) < 4.78 is 0. The molecular formula is C11H11N3O3. The van der Waals surface area contributed by atoms with Gasteiger partial charge in [-0.2, -0.15) is 0 Å². The molecule has 0 bridgehead atoms. The molecule has 2 N–H and O–H groups in total. The Kier molecular flexibility index (Phi) is 2.78. The van der Waals surface area contributed by atoms with E-state index >= 15 is 0 Å². The third kappa shape index (κ3) is 2.25. The summed E-state index contributed by atoms with van der Waals surface area (Å²) in [7, 11) is 1.54. The van der Waals surface area contributed by atoms with Crippen LogP contribution in [-0.2, 0) is 9.59 Å². The Morgan fingerprint density at radius 3 is 2.94 bits per heavy atom. The number of imidazole rings is 1. The van der Waals surface area contributed by atoms with Crippen molar-refractivity contribution in [3.05, 3.63) is 24.5 Å². The second-order valence-electron chi connectivity index (χ2n) is 3.63. The molecule has 0 atom stereocenters. The van der Waals surface area contributed by atoms with Crippen molar-refractivity contribution < 1.29 is 14.7 Å². The van der Waals surface area contributed by atoms with Crippen LogP contribution < -0.4 is 4.90 Å². The summed E-state index contributed by atoms with van der Waals surface area (Å²) in [4.78, 5) is 30.3. The van der Waals surface area contributed by atoms with E-state index in [1.165, 1.54) is 4.90 Å². The van der Waals surface area contributed by atoms with E-state index in [4.69, 9.17) is 5.11 Å². The number of carbonyl (C=O) groups excluding carboxylic acids is 1. The molecule has 2 rings (SSSR count). The van der Waals surface area contributed by atoms with Gasteiger partial charge in [0.15, 0.2) is 0 Å². The predicted molar refractivity (Wildman–Crippen MR) is 61.8 cm³/mol. The second-order valence-corrected chi connectivity index (χ2v) is 3.63. The van der Waals surface area contributed by atoms with Gasteiger partial charge in [-0.25, -0.2) is 4.98 Å². The van der Waals surface area contributed by atoms with E-state index in [9.17, 15) is 9.59 Å². The lowest BCUT2D eigenvalue weighted by molar-refractivity contribution is -0.140. The fourth-order valence-electron chi connectivity index (χ4n) is 1.52. The zero-order chi connectivity index (χ0) is 12.4. The van der Waals surface area contributed by atoms with Crippen molar-refractivity contribution in [1.82, 2.24) is 9.97 Å². The van der Waals surface area contributed by atoms with E-state index in [0.29, 0.717) is 5.69 Å². The zero-order valence-corrected chi connectivity index (χ0v) is 9.17. The minimum Gasteiger partial charge on any atom is -0.481 e. The van der Waals surface area contributed by atoms with Crippen LogP contribution in [-0.4, -0.2) is 34.0 Å². The molecule has 0 radical (unpaired) electrons. The molecule has 1 amide bonds. The number of nitrogens with zero attached hydrogens (tertiary/aromatic N) is 2. The van der Waals surface area contributed by atoms with Crippen LogP contribution in [0, 0.1) is 0 Å². The zero-order valence-electron chi connectivity index (χ0n) is 9.17. The molecule has 0 spiro atoms. The topological polar surface area (TPSA) is 86.3 Å². The monoisotopic (exact) mass is 233 g/mol. The van der Waals surface area contributed by atoms with Crippen molar-refractivity contribution in [3.8, 4) is 0 Å². The molecule has 1 aromatic carbocycles. The summed E-state index contributed by atoms with van der Waals surface area (Å²) in [6.45, 7) is 0. The molecule has 88 valence electrons. The maximum atomic E-state index is 11.5. The highest BCUT2D eigenvalue weighted by Gasteiger charge is 2.14. The number of H-pyrrole nitrogens is 1. The van der Waals surface area contributed by atoms with Crippen molar-refractivity contribution >= 4 is 28.6 Å². The molecule has 1 aromatic heterocycles. The van der Waals surface area contributed by atoms with Crippen LogP contribution in [0.15, 0.2) is 24.5 Å². The molecule has 17 heavy (non-hydrogen) atoms. The van der Waals surface area contributed by atoms with Crippen molar-refractivity contribution in [3.63, 3.8) is 0 Å². The molecule has 0 saturated carbocycles. The van der Waals surface area contributed by atoms with Crippen LogP contribution in [0.25, 0.3) is 11.0 Å². The number of rotatable bonds is 3. The highest BCUT2D eigenvalue weighted by molar-refractivity contribution is 6.03. The smallest absolute Gasteiger partial charge is 0.312 e. The van der Waals surface area contributed by atoms with Gasteiger partial charge in [0.25, 0.3) is 0 Å². The number of benzene rings is 1. The van der Waals surface area contributed by atoms with Crippen LogP contribution in [0.1, 0.15) is 6.42 Å². The number of carbonyl (C=O) groups is 2. The number of amides is 1. The van der Waals surface area contributed by atoms with E-state index in [-0.39, 0.29) is 0 Å². The summed E-state index contributed by atoms with van der Waals surface area (Å²) in [6, 6.07) is 5.25. The Morgan fingerprint density at radius 1 is 1.47 bits per heavy atom. The lowest BCUT2D eigenvalue weighted by Crippen LogP contribution is -2.28. The van der Waals surface area contributed by atoms with Crippen LogP contribution in [0.3, 0.4) is 0 Å². The number of aliphatic carboxylic acids is 1. The molecule has 0 aliphatic rings. The Bertz CT molecular complexity index is 576. The lowest BCUT2D eigenvalue weighted by Gasteiger charge is -2.16. The minimum atomic E-state index is -1.13. The van der Waals surface area contributed by atoms with Gasteiger partial charge in [-0.05, 0) is 18.2 Å². The number of carboxylic acids is 1. The number of aromatic nitrogens is 2. The van der Waals surface area contributed by atoms with Gasteiger partial charge >= 0.3 is 5.97 Å². The van der Waals surface area contributed by atoms with Crippen LogP contribution in [0.5, 0.6) is 0 Å². The maximum Gasteiger partial charge on any atom is 0.312 e. The number of aromatic amines is 1. The second kappa shape index (κ2) is 4.25. The van der Waals surface area contributed by atoms with Gasteiger partial charge in [0.2, 0.25) is 5.91 Å². The van der Waals surface area contributed by atoms with E-state index < -0.39 is 18.3 Å².